The number of allylic oxidation sites excluding steroid dienone is 4. The van der Waals surface area contributed by atoms with Gasteiger partial charge in [-0.2, -0.15) is 0 Å². The molecule has 0 spiro atoms. The SMILES string of the molecule is CCCCCC/C=C\CCCCCCCC(=O)OCC(COC1OC(COC2OC(CO)C(O)C(O)C2O)C(O)C(O)C1O)OC(=O)CCCCCCC/C=C\CCCCCC. The smallest absolute Gasteiger partial charge is 0.306 e. The van der Waals surface area contributed by atoms with Crippen molar-refractivity contribution in [1.82, 2.24) is 0 Å². The van der Waals surface area contributed by atoms with Gasteiger partial charge in [-0.25, -0.2) is 0 Å². The Hall–Kier alpha value is -2.02. The van der Waals surface area contributed by atoms with Gasteiger partial charge in [0, 0.05) is 12.8 Å². The average Bonchev–Trinajstić information content (AvgIpc) is 3.26. The molecule has 0 amide bonds. The summed E-state index contributed by atoms with van der Waals surface area (Å²) >= 11 is 0. The standard InChI is InChI=1S/C47H84O15/c1-3-5-7-9-11-13-15-17-19-21-23-25-27-29-38(49)57-32-35(60-39(50)30-28-26-24-22-20-18-16-14-12-10-8-6-4-2)33-58-46-45(56)43(54)41(52)37(62-46)34-59-47-44(55)42(53)40(51)36(31-48)61-47/h13-16,35-37,40-48,51-56H,3-12,17-34H2,1-2H3/b15-13-,16-14-. The molecule has 11 unspecified atom stereocenters. The summed E-state index contributed by atoms with van der Waals surface area (Å²) in [5.74, 6) is -0.945. The quantitative estimate of drug-likeness (QED) is 0.0231. The minimum atomic E-state index is -1.76. The highest BCUT2D eigenvalue weighted by molar-refractivity contribution is 5.70. The summed E-state index contributed by atoms with van der Waals surface area (Å²) < 4.78 is 33.5. The molecule has 2 saturated heterocycles. The van der Waals surface area contributed by atoms with Crippen molar-refractivity contribution in [2.75, 3.05) is 26.4 Å². The molecule has 62 heavy (non-hydrogen) atoms. The first-order valence-corrected chi connectivity index (χ1v) is 23.9. The molecule has 0 radical (unpaired) electrons. The molecule has 362 valence electrons. The minimum absolute atomic E-state index is 0.154. The molecule has 2 aliphatic rings. The highest BCUT2D eigenvalue weighted by Crippen LogP contribution is 2.26. The predicted molar refractivity (Wildman–Crippen MR) is 234 cm³/mol. The Labute approximate surface area is 371 Å². The molecule has 11 atom stereocenters. The zero-order chi connectivity index (χ0) is 45.4. The first-order valence-electron chi connectivity index (χ1n) is 23.9. The zero-order valence-corrected chi connectivity index (χ0v) is 37.9. The summed E-state index contributed by atoms with van der Waals surface area (Å²) in [6.07, 6.45) is 16.4. The summed E-state index contributed by atoms with van der Waals surface area (Å²) in [6.45, 7) is 2.53. The average molecular weight is 889 g/mol. The number of unbranched alkanes of at least 4 members (excludes halogenated alkanes) is 18. The molecule has 0 aliphatic carbocycles. The Balaban J connectivity index is 1.85. The van der Waals surface area contributed by atoms with E-state index in [-0.39, 0.29) is 26.1 Å². The van der Waals surface area contributed by atoms with Gasteiger partial charge in [0.25, 0.3) is 0 Å². The Kier molecular flexibility index (Phi) is 31.9. The van der Waals surface area contributed by atoms with E-state index >= 15 is 0 Å². The lowest BCUT2D eigenvalue weighted by Crippen LogP contribution is -2.61. The van der Waals surface area contributed by atoms with E-state index in [1.807, 2.05) is 0 Å². The van der Waals surface area contributed by atoms with Crippen LogP contribution in [0.25, 0.3) is 0 Å². The van der Waals surface area contributed by atoms with E-state index < -0.39 is 92.7 Å². The van der Waals surface area contributed by atoms with Crippen molar-refractivity contribution in [2.45, 2.75) is 235 Å². The predicted octanol–water partition coefficient (Wildman–Crippen LogP) is 5.60. The van der Waals surface area contributed by atoms with Crippen LogP contribution in [0.2, 0.25) is 0 Å². The maximum atomic E-state index is 12.9. The second-order valence-electron chi connectivity index (χ2n) is 16.9. The minimum Gasteiger partial charge on any atom is -0.462 e. The number of carbonyl (C=O) groups is 2. The summed E-state index contributed by atoms with van der Waals surface area (Å²) in [7, 11) is 0. The van der Waals surface area contributed by atoms with Crippen molar-refractivity contribution in [3.05, 3.63) is 24.3 Å². The van der Waals surface area contributed by atoms with Crippen molar-refractivity contribution in [1.29, 1.82) is 0 Å². The van der Waals surface area contributed by atoms with Gasteiger partial charge in [0.1, 0.15) is 55.4 Å². The van der Waals surface area contributed by atoms with E-state index in [0.717, 1.165) is 77.0 Å². The lowest BCUT2D eigenvalue weighted by Gasteiger charge is -2.42. The fourth-order valence-electron chi connectivity index (χ4n) is 7.38. The van der Waals surface area contributed by atoms with Crippen molar-refractivity contribution < 1.29 is 73.8 Å². The number of aliphatic hydroxyl groups excluding tert-OH is 7. The zero-order valence-electron chi connectivity index (χ0n) is 37.9. The maximum Gasteiger partial charge on any atom is 0.306 e. The van der Waals surface area contributed by atoms with E-state index in [2.05, 4.69) is 38.2 Å². The second-order valence-corrected chi connectivity index (χ2v) is 16.9. The van der Waals surface area contributed by atoms with Gasteiger partial charge < -0.3 is 64.2 Å². The van der Waals surface area contributed by atoms with Crippen LogP contribution < -0.4 is 0 Å². The Morgan fingerprint density at radius 1 is 0.500 bits per heavy atom. The molecule has 15 nitrogen and oxygen atoms in total. The molecule has 0 aromatic carbocycles. The number of aliphatic hydroxyl groups is 7. The summed E-state index contributed by atoms with van der Waals surface area (Å²) in [6, 6.07) is 0. The van der Waals surface area contributed by atoms with Gasteiger partial charge in [0.15, 0.2) is 18.7 Å². The Bertz CT molecular complexity index is 1180. The van der Waals surface area contributed by atoms with Crippen LogP contribution in [-0.2, 0) is 38.0 Å². The lowest BCUT2D eigenvalue weighted by atomic mass is 9.98. The van der Waals surface area contributed by atoms with Gasteiger partial charge in [-0.15, -0.1) is 0 Å². The molecule has 2 aliphatic heterocycles. The van der Waals surface area contributed by atoms with Crippen LogP contribution in [0, 0.1) is 0 Å². The van der Waals surface area contributed by atoms with Crippen LogP contribution in [-0.4, -0.2) is 142 Å². The number of hydrogen-bond donors (Lipinski definition) is 7. The molecule has 0 saturated carbocycles. The molecule has 15 heteroatoms. The molecular formula is C47H84O15. The van der Waals surface area contributed by atoms with Gasteiger partial charge in [-0.1, -0.05) is 115 Å². The van der Waals surface area contributed by atoms with Crippen LogP contribution >= 0.6 is 0 Å². The molecule has 0 bridgehead atoms. The first-order chi connectivity index (χ1) is 30.0. The molecule has 2 fully saturated rings. The monoisotopic (exact) mass is 889 g/mol. The van der Waals surface area contributed by atoms with Gasteiger partial charge in [-0.3, -0.25) is 9.59 Å². The van der Waals surface area contributed by atoms with Crippen LogP contribution in [0.1, 0.15) is 168 Å². The molecule has 0 aromatic rings. The van der Waals surface area contributed by atoms with Crippen molar-refractivity contribution in [3.8, 4) is 0 Å². The first kappa shape index (κ1) is 56.1. The van der Waals surface area contributed by atoms with E-state index in [1.54, 1.807) is 0 Å². The lowest BCUT2D eigenvalue weighted by molar-refractivity contribution is -0.332. The molecule has 2 heterocycles. The highest BCUT2D eigenvalue weighted by Gasteiger charge is 2.47. The third-order valence-electron chi connectivity index (χ3n) is 11.4. The third kappa shape index (κ3) is 23.8. The van der Waals surface area contributed by atoms with Crippen LogP contribution in [0.15, 0.2) is 24.3 Å². The van der Waals surface area contributed by atoms with E-state index in [1.165, 1.54) is 51.4 Å². The summed E-state index contributed by atoms with van der Waals surface area (Å²) in [5, 5.41) is 71.9. The summed E-state index contributed by atoms with van der Waals surface area (Å²) in [4.78, 5) is 25.6. The van der Waals surface area contributed by atoms with Crippen LogP contribution in [0.5, 0.6) is 0 Å². The second kappa shape index (κ2) is 35.3. The van der Waals surface area contributed by atoms with E-state index in [0.29, 0.717) is 12.8 Å². The van der Waals surface area contributed by atoms with Crippen molar-refractivity contribution >= 4 is 11.9 Å². The number of carbonyl (C=O) groups excluding carboxylic acids is 2. The van der Waals surface area contributed by atoms with Crippen LogP contribution in [0.4, 0.5) is 0 Å². The maximum absolute atomic E-state index is 12.9. The van der Waals surface area contributed by atoms with Gasteiger partial charge in [-0.05, 0) is 64.2 Å². The number of esters is 2. The third-order valence-corrected chi connectivity index (χ3v) is 11.4. The number of rotatable bonds is 36. The molecule has 0 aromatic heterocycles. The number of ether oxygens (including phenoxy) is 6. The Morgan fingerprint density at radius 2 is 0.919 bits per heavy atom. The molecule has 7 N–H and O–H groups in total. The van der Waals surface area contributed by atoms with E-state index in [9.17, 15) is 45.3 Å². The fraction of sp³-hybridized carbons (Fsp3) is 0.872. The van der Waals surface area contributed by atoms with Gasteiger partial charge in [0.05, 0.1) is 19.8 Å². The normalized spacial score (nSPS) is 27.2. The number of hydrogen-bond acceptors (Lipinski definition) is 15. The topological polar surface area (TPSA) is 231 Å². The van der Waals surface area contributed by atoms with Crippen LogP contribution in [0.3, 0.4) is 0 Å². The van der Waals surface area contributed by atoms with Gasteiger partial charge >= 0.3 is 11.9 Å². The van der Waals surface area contributed by atoms with E-state index in [4.69, 9.17) is 28.4 Å². The van der Waals surface area contributed by atoms with Crippen molar-refractivity contribution in [3.63, 3.8) is 0 Å². The largest absolute Gasteiger partial charge is 0.462 e. The van der Waals surface area contributed by atoms with Crippen molar-refractivity contribution in [2.24, 2.45) is 0 Å². The van der Waals surface area contributed by atoms with Gasteiger partial charge in [0.2, 0.25) is 0 Å². The fourth-order valence-corrected chi connectivity index (χ4v) is 7.38. The Morgan fingerprint density at radius 3 is 1.42 bits per heavy atom. The molecular weight excluding hydrogens is 805 g/mol. The molecule has 2 rings (SSSR count). The highest BCUT2D eigenvalue weighted by atomic mass is 16.7. The summed E-state index contributed by atoms with van der Waals surface area (Å²) in [5.41, 5.74) is 0.